The van der Waals surface area contributed by atoms with Crippen molar-refractivity contribution in [2.45, 2.75) is 13.5 Å². The molecule has 0 N–H and O–H groups in total. The maximum absolute atomic E-state index is 12.8. The molecule has 0 saturated heterocycles. The van der Waals surface area contributed by atoms with Gasteiger partial charge in [0.1, 0.15) is 6.54 Å². The van der Waals surface area contributed by atoms with Crippen molar-refractivity contribution < 1.29 is 4.42 Å². The number of aromatic nitrogens is 3. The quantitative estimate of drug-likeness (QED) is 0.533. The van der Waals surface area contributed by atoms with Crippen LogP contribution in [0.15, 0.2) is 57.7 Å². The monoisotopic (exact) mass is 291 g/mol. The van der Waals surface area contributed by atoms with Crippen LogP contribution < -0.4 is 5.56 Å². The minimum atomic E-state index is -0.0508. The van der Waals surface area contributed by atoms with E-state index in [0.29, 0.717) is 17.2 Å². The van der Waals surface area contributed by atoms with Crippen molar-refractivity contribution in [2.75, 3.05) is 0 Å². The van der Waals surface area contributed by atoms with E-state index in [9.17, 15) is 4.79 Å². The first-order valence-corrected chi connectivity index (χ1v) is 7.03. The molecular weight excluding hydrogens is 278 g/mol. The van der Waals surface area contributed by atoms with E-state index in [1.165, 1.54) is 0 Å². The summed E-state index contributed by atoms with van der Waals surface area (Å²) < 4.78 is 7.11. The molecule has 0 saturated carbocycles. The number of pyridine rings is 1. The summed E-state index contributed by atoms with van der Waals surface area (Å²) in [7, 11) is 0. The molecular formula is C17H13N3O2. The van der Waals surface area contributed by atoms with Crippen molar-refractivity contribution in [1.29, 1.82) is 0 Å². The lowest BCUT2D eigenvalue weighted by Gasteiger charge is -2.11. The van der Waals surface area contributed by atoms with E-state index in [-0.39, 0.29) is 12.1 Å². The lowest BCUT2D eigenvalue weighted by molar-refractivity contribution is 0.455. The van der Waals surface area contributed by atoms with E-state index >= 15 is 0 Å². The molecule has 2 aromatic carbocycles. The average molecular weight is 291 g/mol. The van der Waals surface area contributed by atoms with Gasteiger partial charge in [-0.3, -0.25) is 9.36 Å². The van der Waals surface area contributed by atoms with E-state index in [2.05, 4.69) is 10.2 Å². The Balaban J connectivity index is 2.07. The Bertz CT molecular complexity index is 1050. The Morgan fingerprint density at radius 3 is 2.36 bits per heavy atom. The van der Waals surface area contributed by atoms with Crippen LogP contribution >= 0.6 is 0 Å². The third kappa shape index (κ3) is 1.90. The molecule has 0 atom stereocenters. The molecule has 0 radical (unpaired) electrons. The standard InChI is InChI=1S/C17H13N3O2/c1-11-18-19-16(22-11)10-20-15-9-5-4-7-13(15)12-6-2-3-8-14(12)17(20)21/h2-9H,10H2,1H3. The molecule has 5 heteroatoms. The summed E-state index contributed by atoms with van der Waals surface area (Å²) in [6, 6.07) is 15.5. The largest absolute Gasteiger partial charge is 0.424 e. The SMILES string of the molecule is Cc1nnc(Cn2c(=O)c3ccccc3c3ccccc32)o1. The number of benzene rings is 2. The minimum absolute atomic E-state index is 0.0508. The van der Waals surface area contributed by atoms with E-state index in [1.807, 2.05) is 48.5 Å². The van der Waals surface area contributed by atoms with Crippen LogP contribution in [0.3, 0.4) is 0 Å². The van der Waals surface area contributed by atoms with Crippen LogP contribution in [-0.4, -0.2) is 14.8 Å². The van der Waals surface area contributed by atoms with Gasteiger partial charge in [0.15, 0.2) is 0 Å². The fourth-order valence-corrected chi connectivity index (χ4v) is 2.79. The van der Waals surface area contributed by atoms with Crippen LogP contribution in [-0.2, 0) is 6.54 Å². The number of fused-ring (bicyclic) bond motifs is 3. The highest BCUT2D eigenvalue weighted by molar-refractivity contribution is 6.05. The fourth-order valence-electron chi connectivity index (χ4n) is 2.79. The van der Waals surface area contributed by atoms with Crippen molar-refractivity contribution in [3.05, 3.63) is 70.7 Å². The van der Waals surface area contributed by atoms with Gasteiger partial charge in [-0.25, -0.2) is 0 Å². The van der Waals surface area contributed by atoms with Gasteiger partial charge in [0.25, 0.3) is 5.56 Å². The van der Waals surface area contributed by atoms with E-state index in [1.54, 1.807) is 11.5 Å². The fraction of sp³-hybridized carbons (Fsp3) is 0.118. The zero-order valence-corrected chi connectivity index (χ0v) is 12.0. The van der Waals surface area contributed by atoms with Gasteiger partial charge in [-0.15, -0.1) is 10.2 Å². The predicted molar refractivity (Wildman–Crippen MR) is 83.9 cm³/mol. The van der Waals surface area contributed by atoms with Crippen molar-refractivity contribution >= 4 is 21.7 Å². The second-order valence-electron chi connectivity index (χ2n) is 5.17. The predicted octanol–water partition coefficient (Wildman–Crippen LogP) is 2.89. The van der Waals surface area contributed by atoms with Gasteiger partial charge < -0.3 is 4.42 Å². The molecule has 0 aliphatic heterocycles. The highest BCUT2D eigenvalue weighted by atomic mass is 16.4. The normalized spacial score (nSPS) is 11.3. The molecule has 5 nitrogen and oxygen atoms in total. The second-order valence-corrected chi connectivity index (χ2v) is 5.17. The van der Waals surface area contributed by atoms with Gasteiger partial charge in [0, 0.05) is 17.7 Å². The second kappa shape index (κ2) is 4.80. The summed E-state index contributed by atoms with van der Waals surface area (Å²) in [6.07, 6.45) is 0. The Labute approximate surface area is 125 Å². The average Bonchev–Trinajstić information content (AvgIpc) is 2.97. The molecule has 4 aromatic rings. The van der Waals surface area contributed by atoms with Gasteiger partial charge >= 0.3 is 0 Å². The number of rotatable bonds is 2. The van der Waals surface area contributed by atoms with Crippen LogP contribution in [0.1, 0.15) is 11.8 Å². The van der Waals surface area contributed by atoms with Crippen molar-refractivity contribution in [1.82, 2.24) is 14.8 Å². The minimum Gasteiger partial charge on any atom is -0.424 e. The number of aryl methyl sites for hydroxylation is 1. The molecule has 22 heavy (non-hydrogen) atoms. The van der Waals surface area contributed by atoms with Crippen LogP contribution in [0.5, 0.6) is 0 Å². The van der Waals surface area contributed by atoms with Crippen molar-refractivity contribution in [3.8, 4) is 0 Å². The van der Waals surface area contributed by atoms with E-state index in [4.69, 9.17) is 4.42 Å². The zero-order valence-electron chi connectivity index (χ0n) is 12.0. The molecule has 2 heterocycles. The molecule has 0 spiro atoms. The number of para-hydroxylation sites is 1. The number of hydrogen-bond acceptors (Lipinski definition) is 4. The summed E-state index contributed by atoms with van der Waals surface area (Å²) >= 11 is 0. The van der Waals surface area contributed by atoms with Gasteiger partial charge in [-0.1, -0.05) is 36.4 Å². The third-order valence-corrected chi connectivity index (χ3v) is 3.75. The zero-order chi connectivity index (χ0) is 15.1. The molecule has 108 valence electrons. The summed E-state index contributed by atoms with van der Waals surface area (Å²) in [4.78, 5) is 12.8. The summed E-state index contributed by atoms with van der Waals surface area (Å²) in [6.45, 7) is 2.00. The van der Waals surface area contributed by atoms with Crippen LogP contribution in [0, 0.1) is 6.92 Å². The van der Waals surface area contributed by atoms with Gasteiger partial charge in [-0.05, 0) is 17.5 Å². The Kier molecular flexibility index (Phi) is 2.79. The highest BCUT2D eigenvalue weighted by Crippen LogP contribution is 2.22. The molecule has 0 aliphatic rings. The topological polar surface area (TPSA) is 60.9 Å². The smallest absolute Gasteiger partial charge is 0.259 e. The van der Waals surface area contributed by atoms with E-state index < -0.39 is 0 Å². The Morgan fingerprint density at radius 2 is 1.64 bits per heavy atom. The summed E-state index contributed by atoms with van der Waals surface area (Å²) in [5.41, 5.74) is 0.812. The van der Waals surface area contributed by atoms with Crippen molar-refractivity contribution in [2.24, 2.45) is 0 Å². The van der Waals surface area contributed by atoms with E-state index in [0.717, 1.165) is 16.3 Å². The number of nitrogens with zero attached hydrogens (tertiary/aromatic N) is 3. The highest BCUT2D eigenvalue weighted by Gasteiger charge is 2.12. The Morgan fingerprint density at radius 1 is 0.955 bits per heavy atom. The van der Waals surface area contributed by atoms with Gasteiger partial charge in [0.2, 0.25) is 11.8 Å². The maximum Gasteiger partial charge on any atom is 0.259 e. The first-order valence-electron chi connectivity index (χ1n) is 7.03. The number of hydrogen-bond donors (Lipinski definition) is 0. The first-order chi connectivity index (χ1) is 10.7. The lowest BCUT2D eigenvalue weighted by Crippen LogP contribution is -2.21. The lowest BCUT2D eigenvalue weighted by atomic mass is 10.1. The van der Waals surface area contributed by atoms with Crippen LogP contribution in [0.25, 0.3) is 21.7 Å². The molecule has 0 unspecified atom stereocenters. The Hall–Kier alpha value is -2.95. The molecule has 0 bridgehead atoms. The molecule has 0 aliphatic carbocycles. The summed E-state index contributed by atoms with van der Waals surface area (Å²) in [5.74, 6) is 0.924. The van der Waals surface area contributed by atoms with Gasteiger partial charge in [0.05, 0.1) is 5.52 Å². The molecule has 0 amide bonds. The molecule has 4 rings (SSSR count). The molecule has 2 aromatic heterocycles. The van der Waals surface area contributed by atoms with Gasteiger partial charge in [-0.2, -0.15) is 0 Å². The first kappa shape index (κ1) is 12.8. The van der Waals surface area contributed by atoms with Crippen LogP contribution in [0.4, 0.5) is 0 Å². The summed E-state index contributed by atoms with van der Waals surface area (Å²) in [5, 5.41) is 10.5. The van der Waals surface area contributed by atoms with Crippen LogP contribution in [0.2, 0.25) is 0 Å². The van der Waals surface area contributed by atoms with Crippen molar-refractivity contribution in [3.63, 3.8) is 0 Å². The maximum atomic E-state index is 12.8. The third-order valence-electron chi connectivity index (χ3n) is 3.75. The molecule has 0 fully saturated rings.